The predicted octanol–water partition coefficient (Wildman–Crippen LogP) is 17.7. The summed E-state index contributed by atoms with van der Waals surface area (Å²) in [4.78, 5) is 5.34. The Balaban J connectivity index is 1.21. The van der Waals surface area contributed by atoms with Crippen LogP contribution in [0.3, 0.4) is 0 Å². The zero-order chi connectivity index (χ0) is 53.1. The van der Waals surface area contributed by atoms with E-state index >= 15 is 0 Å². The predicted molar refractivity (Wildman–Crippen MR) is 327 cm³/mol. The smallest absolute Gasteiger partial charge is 0.252 e. The highest BCUT2D eigenvalue weighted by Gasteiger charge is 2.48. The normalized spacial score (nSPS) is 15.4. The maximum Gasteiger partial charge on any atom is 0.252 e. The third kappa shape index (κ3) is 8.07. The van der Waals surface area contributed by atoms with E-state index < -0.39 is 0 Å². The highest BCUT2D eigenvalue weighted by atomic mass is 15.2. The Morgan fingerprint density at radius 2 is 0.763 bits per heavy atom. The highest BCUT2D eigenvalue weighted by Crippen LogP contribution is 2.53. The van der Waals surface area contributed by atoms with Crippen LogP contribution in [0.2, 0.25) is 0 Å². The first kappa shape index (κ1) is 49.5. The molecule has 2 heterocycles. The minimum atomic E-state index is -0.262. The SMILES string of the molecule is Cc1cc2c3c(c1)N(c1ccc(C(C)(C)C)cc1-c1ccccc1)c1cc4c(cc1B3c1cc(C(C)(C)c3ccccc3)ccc1N2c1ccc(C(C)(C)c2ccccc2)cc1-c1ccccc1)C(C)(C)CCC4(C)C. The van der Waals surface area contributed by atoms with Gasteiger partial charge in [-0.1, -0.05) is 228 Å². The summed E-state index contributed by atoms with van der Waals surface area (Å²) in [5.74, 6) is 0. The maximum absolute atomic E-state index is 2.69. The van der Waals surface area contributed by atoms with E-state index in [1.54, 1.807) is 0 Å². The molecule has 12 rings (SSSR count). The van der Waals surface area contributed by atoms with Gasteiger partial charge in [0.1, 0.15) is 0 Å². The van der Waals surface area contributed by atoms with E-state index in [2.05, 4.69) is 293 Å². The Kier molecular flexibility index (Phi) is 11.6. The van der Waals surface area contributed by atoms with Crippen LogP contribution in [0, 0.1) is 6.92 Å². The van der Waals surface area contributed by atoms with Crippen molar-refractivity contribution >= 4 is 57.2 Å². The van der Waals surface area contributed by atoms with Gasteiger partial charge in [0.2, 0.25) is 0 Å². The Bertz CT molecular complexity index is 3690. The molecule has 0 N–H and O–H groups in total. The summed E-state index contributed by atoms with van der Waals surface area (Å²) in [7, 11) is 0. The van der Waals surface area contributed by atoms with Crippen LogP contribution in [0.15, 0.2) is 200 Å². The second kappa shape index (κ2) is 17.9. The van der Waals surface area contributed by atoms with Gasteiger partial charge in [0, 0.05) is 44.7 Å². The van der Waals surface area contributed by atoms with Crippen molar-refractivity contribution in [3.8, 4) is 22.3 Å². The van der Waals surface area contributed by atoms with Gasteiger partial charge in [0.05, 0.1) is 11.4 Å². The van der Waals surface area contributed by atoms with E-state index in [-0.39, 0.29) is 33.8 Å². The summed E-state index contributed by atoms with van der Waals surface area (Å²) in [6, 6.07) is 76.7. The van der Waals surface area contributed by atoms with E-state index in [9.17, 15) is 0 Å². The molecule has 0 unspecified atom stereocenters. The van der Waals surface area contributed by atoms with Crippen LogP contribution < -0.4 is 26.2 Å². The number of hydrogen-bond donors (Lipinski definition) is 0. The quantitative estimate of drug-likeness (QED) is 0.140. The van der Waals surface area contributed by atoms with Crippen molar-refractivity contribution in [1.29, 1.82) is 0 Å². The lowest BCUT2D eigenvalue weighted by atomic mass is 9.33. The van der Waals surface area contributed by atoms with Crippen LogP contribution in [-0.2, 0) is 27.1 Å². The molecule has 76 heavy (non-hydrogen) atoms. The fourth-order valence-corrected chi connectivity index (χ4v) is 13.2. The van der Waals surface area contributed by atoms with E-state index in [4.69, 9.17) is 0 Å². The Morgan fingerprint density at radius 3 is 1.25 bits per heavy atom. The molecule has 0 atom stereocenters. The minimum Gasteiger partial charge on any atom is -0.311 e. The highest BCUT2D eigenvalue weighted by molar-refractivity contribution is 7.00. The lowest BCUT2D eigenvalue weighted by Gasteiger charge is -2.48. The molecule has 1 aliphatic carbocycles. The van der Waals surface area contributed by atoms with Crippen LogP contribution in [-0.4, -0.2) is 6.71 Å². The van der Waals surface area contributed by atoms with Crippen molar-refractivity contribution in [2.45, 2.75) is 123 Å². The molecule has 3 heteroatoms. The third-order valence-corrected chi connectivity index (χ3v) is 18.1. The van der Waals surface area contributed by atoms with Gasteiger partial charge in [0.15, 0.2) is 0 Å². The summed E-state index contributed by atoms with van der Waals surface area (Å²) in [5, 5.41) is 0. The second-order valence-electron chi connectivity index (χ2n) is 25.7. The first-order chi connectivity index (χ1) is 36.2. The molecule has 2 nitrogen and oxygen atoms in total. The Hall–Kier alpha value is -7.36. The number of hydrogen-bond acceptors (Lipinski definition) is 2. The molecule has 0 amide bonds. The number of anilines is 6. The molecule has 0 saturated heterocycles. The number of rotatable bonds is 8. The molecule has 9 aromatic rings. The molecule has 9 aromatic carbocycles. The zero-order valence-electron chi connectivity index (χ0n) is 46.9. The topological polar surface area (TPSA) is 6.48 Å². The molecule has 0 aromatic heterocycles. The lowest BCUT2D eigenvalue weighted by molar-refractivity contribution is 0.332. The van der Waals surface area contributed by atoms with E-state index in [1.165, 1.54) is 117 Å². The van der Waals surface area contributed by atoms with Crippen LogP contribution in [0.1, 0.15) is 134 Å². The van der Waals surface area contributed by atoms with Gasteiger partial charge in [-0.3, -0.25) is 0 Å². The molecule has 0 fully saturated rings. The van der Waals surface area contributed by atoms with Crippen molar-refractivity contribution in [2.75, 3.05) is 9.80 Å². The van der Waals surface area contributed by atoms with Gasteiger partial charge in [-0.15, -0.1) is 0 Å². The fourth-order valence-electron chi connectivity index (χ4n) is 13.2. The standard InChI is InChI=1S/C73H73BN2/c1-48-41-66-68-67(42-48)76(63-36-33-53(69(2,3)4)43-56(63)49-25-17-13-18-26-49)65-47-59-58(70(5,6)39-40-71(59,7)8)46-61(65)74(68)60-45-55(73(11,12)52-31-23-16-24-32-52)35-38-64(60)75(66)62-37-34-54(44-57(62)50-27-19-14-20-28-50)72(9,10)51-29-21-15-22-30-51/h13-38,41-47H,39-40H2,1-12H3. The lowest BCUT2D eigenvalue weighted by Crippen LogP contribution is -2.62. The number of benzene rings is 9. The van der Waals surface area contributed by atoms with Gasteiger partial charge in [0.25, 0.3) is 6.71 Å². The van der Waals surface area contributed by atoms with E-state index in [0.29, 0.717) is 0 Å². The van der Waals surface area contributed by atoms with Crippen molar-refractivity contribution in [1.82, 2.24) is 0 Å². The molecule has 378 valence electrons. The molecule has 0 saturated carbocycles. The van der Waals surface area contributed by atoms with Crippen molar-refractivity contribution in [2.24, 2.45) is 0 Å². The van der Waals surface area contributed by atoms with Crippen LogP contribution in [0.5, 0.6) is 0 Å². The van der Waals surface area contributed by atoms with Gasteiger partial charge in [-0.2, -0.15) is 0 Å². The summed E-state index contributed by atoms with van der Waals surface area (Å²) < 4.78 is 0. The minimum absolute atomic E-state index is 0.00513. The maximum atomic E-state index is 2.69. The first-order valence-corrected chi connectivity index (χ1v) is 27.8. The Morgan fingerprint density at radius 1 is 0.368 bits per heavy atom. The zero-order valence-corrected chi connectivity index (χ0v) is 46.9. The van der Waals surface area contributed by atoms with Crippen molar-refractivity contribution < 1.29 is 0 Å². The average Bonchev–Trinajstić information content (AvgIpc) is 3.42. The largest absolute Gasteiger partial charge is 0.311 e. The molecular formula is C73H73BN2. The molecule has 0 bridgehead atoms. The van der Waals surface area contributed by atoms with Gasteiger partial charge >= 0.3 is 0 Å². The second-order valence-corrected chi connectivity index (χ2v) is 25.7. The van der Waals surface area contributed by atoms with Gasteiger partial charge in [-0.25, -0.2) is 0 Å². The van der Waals surface area contributed by atoms with Crippen molar-refractivity contribution in [3.63, 3.8) is 0 Å². The van der Waals surface area contributed by atoms with Gasteiger partial charge < -0.3 is 9.80 Å². The van der Waals surface area contributed by atoms with Gasteiger partial charge in [-0.05, 0) is 157 Å². The van der Waals surface area contributed by atoms with E-state index in [1.807, 2.05) is 0 Å². The van der Waals surface area contributed by atoms with Crippen LogP contribution in [0.4, 0.5) is 34.1 Å². The van der Waals surface area contributed by atoms with Crippen LogP contribution >= 0.6 is 0 Å². The molecule has 0 radical (unpaired) electrons. The van der Waals surface area contributed by atoms with Crippen molar-refractivity contribution in [3.05, 3.63) is 245 Å². The van der Waals surface area contributed by atoms with Crippen LogP contribution in [0.25, 0.3) is 22.3 Å². The first-order valence-electron chi connectivity index (χ1n) is 27.8. The summed E-state index contributed by atoms with van der Waals surface area (Å²) in [5.41, 5.74) is 26.5. The number of aryl methyl sites for hydroxylation is 1. The van der Waals surface area contributed by atoms with E-state index in [0.717, 1.165) is 12.8 Å². The number of fused-ring (bicyclic) bond motifs is 5. The fraction of sp³-hybridized carbons (Fsp3) is 0.260. The summed E-state index contributed by atoms with van der Waals surface area (Å²) in [6.07, 6.45) is 2.29. The molecule has 0 spiro atoms. The summed E-state index contributed by atoms with van der Waals surface area (Å²) in [6.45, 7) is 28.7. The third-order valence-electron chi connectivity index (χ3n) is 18.1. The molecular weight excluding hydrogens is 916 g/mol. The summed E-state index contributed by atoms with van der Waals surface area (Å²) >= 11 is 0. The molecule has 3 aliphatic rings. The molecule has 2 aliphatic heterocycles. The Labute approximate surface area is 454 Å². The average molecular weight is 989 g/mol. The number of nitrogens with zero attached hydrogens (tertiary/aromatic N) is 2. The monoisotopic (exact) mass is 989 g/mol.